The van der Waals surface area contributed by atoms with E-state index in [0.29, 0.717) is 26.1 Å². The second kappa shape index (κ2) is 9.18. The van der Waals surface area contributed by atoms with Crippen molar-refractivity contribution in [2.75, 3.05) is 25.4 Å². The first-order chi connectivity index (χ1) is 11.5. The lowest BCUT2D eigenvalue weighted by Crippen LogP contribution is -2.46. The molecule has 1 aliphatic rings. The highest BCUT2D eigenvalue weighted by Crippen LogP contribution is 2.20. The summed E-state index contributed by atoms with van der Waals surface area (Å²) >= 11 is 0. The summed E-state index contributed by atoms with van der Waals surface area (Å²) in [6, 6.07) is 10.0. The molecule has 5 nitrogen and oxygen atoms in total. The van der Waals surface area contributed by atoms with Gasteiger partial charge in [-0.15, -0.1) is 0 Å². The van der Waals surface area contributed by atoms with Crippen molar-refractivity contribution in [1.29, 1.82) is 0 Å². The van der Waals surface area contributed by atoms with E-state index in [4.69, 9.17) is 0 Å². The van der Waals surface area contributed by atoms with Gasteiger partial charge in [0, 0.05) is 19.6 Å². The fourth-order valence-corrected chi connectivity index (χ4v) is 4.71. The van der Waals surface area contributed by atoms with Gasteiger partial charge in [0.1, 0.15) is 0 Å². The lowest BCUT2D eigenvalue weighted by Gasteiger charge is -2.31. The Morgan fingerprint density at radius 2 is 2.04 bits per heavy atom. The van der Waals surface area contributed by atoms with Gasteiger partial charge in [0.25, 0.3) is 0 Å². The van der Waals surface area contributed by atoms with Crippen LogP contribution < -0.4 is 5.32 Å². The number of hydrogen-bond acceptors (Lipinski definition) is 3. The molecule has 1 saturated heterocycles. The van der Waals surface area contributed by atoms with Crippen LogP contribution in [-0.2, 0) is 21.2 Å². The van der Waals surface area contributed by atoms with Crippen LogP contribution in [0.2, 0.25) is 0 Å². The predicted octanol–water partition coefficient (Wildman–Crippen LogP) is 2.19. The molecule has 0 radical (unpaired) electrons. The molecule has 24 heavy (non-hydrogen) atoms. The van der Waals surface area contributed by atoms with Crippen LogP contribution in [0.3, 0.4) is 0 Å². The third kappa shape index (κ3) is 5.60. The number of sulfonamides is 1. The summed E-state index contributed by atoms with van der Waals surface area (Å²) < 4.78 is 26.1. The number of nitrogens with one attached hydrogen (secondary N) is 1. The second-order valence-corrected chi connectivity index (χ2v) is 8.48. The Hall–Kier alpha value is -1.40. The minimum absolute atomic E-state index is 0.0266. The van der Waals surface area contributed by atoms with E-state index in [1.807, 2.05) is 37.3 Å². The number of carbonyl (C=O) groups is 1. The number of unbranched alkanes of at least 4 members (excludes halogenated alkanes) is 1. The van der Waals surface area contributed by atoms with Crippen molar-refractivity contribution in [1.82, 2.24) is 9.62 Å². The van der Waals surface area contributed by atoms with Crippen molar-refractivity contribution in [2.45, 2.75) is 39.0 Å². The van der Waals surface area contributed by atoms with Crippen LogP contribution in [0.5, 0.6) is 0 Å². The predicted molar refractivity (Wildman–Crippen MR) is 96.1 cm³/mol. The summed E-state index contributed by atoms with van der Waals surface area (Å²) in [5, 5.41) is 2.96. The van der Waals surface area contributed by atoms with Crippen molar-refractivity contribution >= 4 is 15.9 Å². The summed E-state index contributed by atoms with van der Waals surface area (Å²) in [5.74, 6) is -0.0708. The lowest BCUT2D eigenvalue weighted by atomic mass is 9.99. The maximum absolute atomic E-state index is 12.3. The minimum Gasteiger partial charge on any atom is -0.355 e. The largest absolute Gasteiger partial charge is 0.355 e. The van der Waals surface area contributed by atoms with E-state index in [-0.39, 0.29) is 17.6 Å². The van der Waals surface area contributed by atoms with Gasteiger partial charge in [-0.25, -0.2) is 12.7 Å². The average molecular weight is 353 g/mol. The summed E-state index contributed by atoms with van der Waals surface area (Å²) in [7, 11) is -3.22. The zero-order valence-electron chi connectivity index (χ0n) is 14.4. The van der Waals surface area contributed by atoms with Gasteiger partial charge in [-0.05, 0) is 31.2 Å². The maximum Gasteiger partial charge on any atom is 0.224 e. The molecule has 0 aromatic heterocycles. The first-order valence-electron chi connectivity index (χ1n) is 8.82. The molecule has 0 aliphatic carbocycles. The molecule has 1 aromatic carbocycles. The van der Waals surface area contributed by atoms with Gasteiger partial charge in [-0.1, -0.05) is 43.7 Å². The van der Waals surface area contributed by atoms with Crippen LogP contribution in [0.15, 0.2) is 30.3 Å². The van der Waals surface area contributed by atoms with Crippen LogP contribution in [0.4, 0.5) is 0 Å². The number of piperidine rings is 1. The topological polar surface area (TPSA) is 66.5 Å². The molecule has 134 valence electrons. The molecule has 1 atom stereocenters. The van der Waals surface area contributed by atoms with Gasteiger partial charge in [0.2, 0.25) is 15.9 Å². The molecular weight excluding hydrogens is 324 g/mol. The van der Waals surface area contributed by atoms with Crippen LogP contribution >= 0.6 is 0 Å². The Morgan fingerprint density at radius 1 is 1.29 bits per heavy atom. The molecule has 1 fully saturated rings. The summed E-state index contributed by atoms with van der Waals surface area (Å²) in [4.78, 5) is 12.3. The molecule has 1 N–H and O–H groups in total. The van der Waals surface area contributed by atoms with E-state index in [9.17, 15) is 13.2 Å². The molecule has 1 aromatic rings. The van der Waals surface area contributed by atoms with Crippen molar-refractivity contribution < 1.29 is 13.2 Å². The molecule has 6 heteroatoms. The Bertz CT molecular complexity index is 616. The van der Waals surface area contributed by atoms with Gasteiger partial charge in [0.15, 0.2) is 0 Å². The van der Waals surface area contributed by atoms with Crippen molar-refractivity contribution in [3.63, 3.8) is 0 Å². The first-order valence-corrected chi connectivity index (χ1v) is 10.4. The monoisotopic (exact) mass is 352 g/mol. The quantitative estimate of drug-likeness (QED) is 0.780. The van der Waals surface area contributed by atoms with Crippen molar-refractivity contribution in [3.05, 3.63) is 35.9 Å². The molecule has 1 aliphatic heterocycles. The first kappa shape index (κ1) is 18.9. The highest BCUT2D eigenvalue weighted by atomic mass is 32.2. The smallest absolute Gasteiger partial charge is 0.224 e. The summed E-state index contributed by atoms with van der Waals surface area (Å²) in [6.45, 7) is 3.43. The van der Waals surface area contributed by atoms with E-state index < -0.39 is 10.0 Å². The number of nitrogens with zero attached hydrogens (tertiary/aromatic N) is 1. The summed E-state index contributed by atoms with van der Waals surface area (Å²) in [5.41, 5.74) is 1.19. The third-order valence-electron chi connectivity index (χ3n) is 4.46. The number of carbonyl (C=O) groups excluding carboxylic acids is 1. The normalized spacial score (nSPS) is 19.1. The Balaban J connectivity index is 1.81. The van der Waals surface area contributed by atoms with Crippen molar-refractivity contribution in [3.8, 4) is 0 Å². The number of benzene rings is 1. The van der Waals surface area contributed by atoms with E-state index in [2.05, 4.69) is 5.32 Å². The highest BCUT2D eigenvalue weighted by molar-refractivity contribution is 7.89. The molecular formula is C18H28N2O3S. The Labute approximate surface area is 145 Å². The molecule has 0 unspecified atom stereocenters. The molecule has 1 amide bonds. The zero-order chi connectivity index (χ0) is 17.4. The zero-order valence-corrected chi connectivity index (χ0v) is 15.2. The van der Waals surface area contributed by atoms with Gasteiger partial charge in [-0.3, -0.25) is 4.79 Å². The van der Waals surface area contributed by atoms with E-state index >= 15 is 0 Å². The van der Waals surface area contributed by atoms with Crippen LogP contribution in [0.25, 0.3) is 0 Å². The van der Waals surface area contributed by atoms with Crippen LogP contribution in [-0.4, -0.2) is 44.0 Å². The van der Waals surface area contributed by atoms with E-state index in [1.54, 1.807) is 0 Å². The third-order valence-corrected chi connectivity index (χ3v) is 6.38. The van der Waals surface area contributed by atoms with Gasteiger partial charge in [0.05, 0.1) is 11.7 Å². The number of hydrogen-bond donors (Lipinski definition) is 1. The molecule has 1 heterocycles. The second-order valence-electron chi connectivity index (χ2n) is 6.39. The molecule has 0 bridgehead atoms. The minimum atomic E-state index is -3.22. The van der Waals surface area contributed by atoms with Crippen LogP contribution in [0, 0.1) is 5.92 Å². The molecule has 0 spiro atoms. The van der Waals surface area contributed by atoms with Crippen LogP contribution in [0.1, 0.15) is 38.2 Å². The Kier molecular flexibility index (Phi) is 7.24. The fraction of sp³-hybridized carbons (Fsp3) is 0.611. The lowest BCUT2D eigenvalue weighted by molar-refractivity contribution is -0.126. The van der Waals surface area contributed by atoms with E-state index in [0.717, 1.165) is 25.7 Å². The molecule has 2 rings (SSSR count). The Morgan fingerprint density at radius 3 is 2.75 bits per heavy atom. The SMILES string of the molecule is CCCCS(=O)(=O)N1CCC[C@@H](C(=O)NCCc2ccccc2)C1. The highest BCUT2D eigenvalue weighted by Gasteiger charge is 2.31. The van der Waals surface area contributed by atoms with Crippen molar-refractivity contribution in [2.24, 2.45) is 5.92 Å². The van der Waals surface area contributed by atoms with Gasteiger partial charge < -0.3 is 5.32 Å². The maximum atomic E-state index is 12.3. The number of amides is 1. The summed E-state index contributed by atoms with van der Waals surface area (Å²) in [6.07, 6.45) is 3.83. The fourth-order valence-electron chi connectivity index (χ4n) is 2.98. The standard InChI is InChI=1S/C18H28N2O3S/c1-2-3-14-24(22,23)20-13-7-10-17(15-20)18(21)19-12-11-16-8-5-4-6-9-16/h4-6,8-9,17H,2-3,7,10-15H2,1H3,(H,19,21)/t17-/m1/s1. The number of rotatable bonds is 8. The van der Waals surface area contributed by atoms with E-state index in [1.165, 1.54) is 9.87 Å². The average Bonchev–Trinajstić information content (AvgIpc) is 2.61. The van der Waals surface area contributed by atoms with Gasteiger partial charge in [-0.2, -0.15) is 0 Å². The van der Waals surface area contributed by atoms with Gasteiger partial charge >= 0.3 is 0 Å². The molecule has 0 saturated carbocycles.